The van der Waals surface area contributed by atoms with E-state index in [0.717, 1.165) is 16.0 Å². The molecule has 0 atom stereocenters. The van der Waals surface area contributed by atoms with Gasteiger partial charge in [0.2, 0.25) is 11.2 Å². The summed E-state index contributed by atoms with van der Waals surface area (Å²) >= 11 is 0. The molecule has 0 unspecified atom stereocenters. The molecule has 8 nitrogen and oxygen atoms in total. The van der Waals surface area contributed by atoms with Gasteiger partial charge in [0.15, 0.2) is 0 Å². The molecule has 0 aliphatic carbocycles. The maximum Gasteiger partial charge on any atom is 0.343 e. The molecule has 1 aliphatic heterocycles. The largest absolute Gasteiger partial charge is 0.460 e. The summed E-state index contributed by atoms with van der Waals surface area (Å²) in [5.41, 5.74) is 2.42. The highest BCUT2D eigenvalue weighted by molar-refractivity contribution is 6.22. The Kier molecular flexibility index (Phi) is 6.43. The molecule has 0 fully saturated rings. The van der Waals surface area contributed by atoms with E-state index in [-0.39, 0.29) is 50.6 Å². The van der Waals surface area contributed by atoms with Crippen molar-refractivity contribution in [1.29, 1.82) is 0 Å². The highest BCUT2D eigenvalue weighted by atomic mass is 16.5. The monoisotopic (exact) mass is 545 g/mol. The number of esters is 1. The van der Waals surface area contributed by atoms with Crippen LogP contribution in [0.4, 0.5) is 0 Å². The van der Waals surface area contributed by atoms with Crippen LogP contribution in [0.2, 0.25) is 0 Å². The highest BCUT2D eigenvalue weighted by Crippen LogP contribution is 2.29. The van der Waals surface area contributed by atoms with Crippen LogP contribution in [0, 0.1) is 0 Å². The van der Waals surface area contributed by atoms with Gasteiger partial charge in [-0.3, -0.25) is 19.3 Å². The van der Waals surface area contributed by atoms with E-state index in [1.807, 2.05) is 42.5 Å². The molecule has 202 valence electrons. The number of ether oxygens (including phenoxy) is 2. The summed E-state index contributed by atoms with van der Waals surface area (Å²) in [7, 11) is 0. The molecule has 1 aliphatic rings. The van der Waals surface area contributed by atoms with Gasteiger partial charge >= 0.3 is 5.97 Å². The Morgan fingerprint density at radius 2 is 1.44 bits per heavy atom. The molecule has 0 saturated heterocycles. The zero-order valence-electron chi connectivity index (χ0n) is 22.1. The van der Waals surface area contributed by atoms with Gasteiger partial charge in [-0.1, -0.05) is 42.5 Å². The lowest BCUT2D eigenvalue weighted by Crippen LogP contribution is -2.35. The smallest absolute Gasteiger partial charge is 0.343 e. The molecule has 0 radical (unpaired) electrons. The van der Waals surface area contributed by atoms with E-state index in [2.05, 4.69) is 0 Å². The van der Waals surface area contributed by atoms with Crippen molar-refractivity contribution < 1.29 is 28.3 Å². The minimum absolute atomic E-state index is 0.0162. The average Bonchev–Trinajstić information content (AvgIpc) is 3.24. The number of benzene rings is 4. The standard InChI is InChI=1S/C33H23NO7/c1-19(2)34-31(36)25-14-10-22(16-27(25)32(34)37)33(38)41-24-13-15-26-28(17-24)39-18-29(30(26)35)40-23-11-8-21(9-12-23)20-6-4-3-5-7-20/h3-19H,1-2H3. The van der Waals surface area contributed by atoms with Gasteiger partial charge in [-0.2, -0.15) is 0 Å². The Labute approximate surface area is 234 Å². The fourth-order valence-electron chi connectivity index (χ4n) is 4.72. The second-order valence-electron chi connectivity index (χ2n) is 9.80. The summed E-state index contributed by atoms with van der Waals surface area (Å²) in [4.78, 5) is 52.3. The van der Waals surface area contributed by atoms with Crippen LogP contribution in [-0.4, -0.2) is 28.7 Å². The molecule has 8 heteroatoms. The quantitative estimate of drug-likeness (QED) is 0.137. The number of nitrogens with zero attached hydrogens (tertiary/aromatic N) is 1. The lowest BCUT2D eigenvalue weighted by Gasteiger charge is -2.17. The molecule has 0 spiro atoms. The number of hydrogen-bond donors (Lipinski definition) is 0. The Morgan fingerprint density at radius 3 is 2.17 bits per heavy atom. The van der Waals surface area contributed by atoms with Crippen molar-refractivity contribution in [3.05, 3.63) is 124 Å². The van der Waals surface area contributed by atoms with Gasteiger partial charge in [0.1, 0.15) is 23.3 Å². The number of hydrogen-bond acceptors (Lipinski definition) is 7. The minimum Gasteiger partial charge on any atom is -0.460 e. The number of amides is 2. The first-order valence-electron chi connectivity index (χ1n) is 12.9. The summed E-state index contributed by atoms with van der Waals surface area (Å²) in [6, 6.07) is 25.6. The molecule has 1 aromatic heterocycles. The van der Waals surface area contributed by atoms with Gasteiger partial charge in [-0.15, -0.1) is 0 Å². The molecular formula is C33H23NO7. The minimum atomic E-state index is -0.725. The van der Waals surface area contributed by atoms with Crippen molar-refractivity contribution in [3.63, 3.8) is 0 Å². The Morgan fingerprint density at radius 1 is 0.756 bits per heavy atom. The number of carbonyl (C=O) groups excluding carboxylic acids is 3. The third kappa shape index (κ3) is 4.76. The number of imide groups is 1. The van der Waals surface area contributed by atoms with Crippen molar-refractivity contribution >= 4 is 28.8 Å². The van der Waals surface area contributed by atoms with Crippen LogP contribution in [0.5, 0.6) is 17.2 Å². The highest BCUT2D eigenvalue weighted by Gasteiger charge is 2.37. The summed E-state index contributed by atoms with van der Waals surface area (Å²) in [6.07, 6.45) is 1.21. The van der Waals surface area contributed by atoms with Crippen molar-refractivity contribution in [1.82, 2.24) is 4.90 Å². The maximum atomic E-state index is 13.1. The Balaban J connectivity index is 1.19. The van der Waals surface area contributed by atoms with E-state index in [1.165, 1.54) is 42.7 Å². The molecule has 0 bridgehead atoms. The molecule has 2 amide bonds. The normalized spacial score (nSPS) is 12.6. The van der Waals surface area contributed by atoms with Crippen LogP contribution >= 0.6 is 0 Å². The first kappa shape index (κ1) is 25.8. The third-order valence-electron chi connectivity index (χ3n) is 6.78. The molecule has 4 aromatic carbocycles. The first-order valence-corrected chi connectivity index (χ1v) is 12.9. The van der Waals surface area contributed by atoms with Gasteiger partial charge in [0.25, 0.3) is 11.8 Å². The number of fused-ring (bicyclic) bond motifs is 2. The Bertz CT molecular complexity index is 1890. The van der Waals surface area contributed by atoms with Crippen molar-refractivity contribution in [2.45, 2.75) is 19.9 Å². The van der Waals surface area contributed by atoms with Crippen LogP contribution in [0.25, 0.3) is 22.1 Å². The van der Waals surface area contributed by atoms with Crippen molar-refractivity contribution in [2.75, 3.05) is 0 Å². The SMILES string of the molecule is CC(C)N1C(=O)c2ccc(C(=O)Oc3ccc4c(=O)c(Oc5ccc(-c6ccccc6)cc5)coc4c3)cc2C1=O. The predicted octanol–water partition coefficient (Wildman–Crippen LogP) is 6.48. The first-order chi connectivity index (χ1) is 19.8. The van der Waals surface area contributed by atoms with Crippen molar-refractivity contribution in [2.24, 2.45) is 0 Å². The van der Waals surface area contributed by atoms with Gasteiger partial charge in [0, 0.05) is 12.1 Å². The second kappa shape index (κ2) is 10.2. The fourth-order valence-corrected chi connectivity index (χ4v) is 4.72. The fraction of sp³-hybridized carbons (Fsp3) is 0.0909. The maximum absolute atomic E-state index is 13.1. The summed E-state index contributed by atoms with van der Waals surface area (Å²) in [5, 5.41) is 0.249. The zero-order chi connectivity index (χ0) is 28.7. The summed E-state index contributed by atoms with van der Waals surface area (Å²) < 4.78 is 16.9. The van der Waals surface area contributed by atoms with Gasteiger partial charge in [-0.25, -0.2) is 4.79 Å². The molecule has 0 N–H and O–H groups in total. The topological polar surface area (TPSA) is 103 Å². The van der Waals surface area contributed by atoms with Crippen LogP contribution in [0.15, 0.2) is 106 Å². The average molecular weight is 546 g/mol. The summed E-state index contributed by atoms with van der Waals surface area (Å²) in [5.74, 6) is -0.932. The van der Waals surface area contributed by atoms with Crippen LogP contribution < -0.4 is 14.9 Å². The van der Waals surface area contributed by atoms with Gasteiger partial charge in [-0.05, 0) is 67.4 Å². The molecule has 2 heterocycles. The molecule has 5 aromatic rings. The predicted molar refractivity (Wildman–Crippen MR) is 151 cm³/mol. The number of rotatable bonds is 6. The lowest BCUT2D eigenvalue weighted by molar-refractivity contribution is 0.0608. The van der Waals surface area contributed by atoms with Crippen LogP contribution in [0.3, 0.4) is 0 Å². The molecule has 6 rings (SSSR count). The van der Waals surface area contributed by atoms with Crippen LogP contribution in [-0.2, 0) is 0 Å². The molecule has 41 heavy (non-hydrogen) atoms. The third-order valence-corrected chi connectivity index (χ3v) is 6.78. The second-order valence-corrected chi connectivity index (χ2v) is 9.80. The lowest BCUT2D eigenvalue weighted by atomic mass is 10.1. The van der Waals surface area contributed by atoms with Crippen LogP contribution in [0.1, 0.15) is 44.9 Å². The van der Waals surface area contributed by atoms with E-state index in [0.29, 0.717) is 5.75 Å². The molecular weight excluding hydrogens is 522 g/mol. The van der Waals surface area contributed by atoms with E-state index in [9.17, 15) is 19.2 Å². The number of carbonyl (C=O) groups is 3. The van der Waals surface area contributed by atoms with E-state index >= 15 is 0 Å². The van der Waals surface area contributed by atoms with E-state index in [4.69, 9.17) is 13.9 Å². The Hall–Kier alpha value is -5.50. The zero-order valence-corrected chi connectivity index (χ0v) is 22.1. The summed E-state index contributed by atoms with van der Waals surface area (Å²) in [6.45, 7) is 3.49. The van der Waals surface area contributed by atoms with Gasteiger partial charge < -0.3 is 13.9 Å². The van der Waals surface area contributed by atoms with E-state index < -0.39 is 17.8 Å². The van der Waals surface area contributed by atoms with E-state index in [1.54, 1.807) is 26.0 Å². The van der Waals surface area contributed by atoms with Crippen molar-refractivity contribution in [3.8, 4) is 28.4 Å². The van der Waals surface area contributed by atoms with Gasteiger partial charge in [0.05, 0.1) is 22.1 Å². The molecule has 0 saturated carbocycles.